The maximum atomic E-state index is 10.7. The molecule has 0 aromatic heterocycles. The molecular formula is C13H18N2O4. The average molecular weight is 266 g/mol. The van der Waals surface area contributed by atoms with Crippen LogP contribution in [0.25, 0.3) is 0 Å². The van der Waals surface area contributed by atoms with Crippen LogP contribution >= 0.6 is 0 Å². The van der Waals surface area contributed by atoms with E-state index in [4.69, 9.17) is 9.47 Å². The number of likely N-dealkylation sites (N-methyl/N-ethyl adjacent to an activating group) is 1. The normalized spacial score (nSPS) is 20.2. The quantitative estimate of drug-likeness (QED) is 0.599. The molecule has 0 aliphatic carbocycles. The molecule has 0 unspecified atom stereocenters. The van der Waals surface area contributed by atoms with Gasteiger partial charge in [0.05, 0.1) is 17.6 Å². The van der Waals surface area contributed by atoms with Gasteiger partial charge in [-0.2, -0.15) is 0 Å². The van der Waals surface area contributed by atoms with E-state index in [1.165, 1.54) is 12.1 Å². The van der Waals surface area contributed by atoms with Crippen molar-refractivity contribution in [2.45, 2.75) is 13.0 Å². The van der Waals surface area contributed by atoms with Crippen molar-refractivity contribution in [3.8, 4) is 5.75 Å². The summed E-state index contributed by atoms with van der Waals surface area (Å²) in [6, 6.07) is 6.21. The van der Waals surface area contributed by atoms with Crippen LogP contribution in [0.1, 0.15) is 6.92 Å². The van der Waals surface area contributed by atoms with E-state index in [0.717, 1.165) is 19.6 Å². The molecule has 1 saturated heterocycles. The Morgan fingerprint density at radius 3 is 3.16 bits per heavy atom. The van der Waals surface area contributed by atoms with Crippen molar-refractivity contribution in [2.75, 3.05) is 32.8 Å². The van der Waals surface area contributed by atoms with E-state index in [1.54, 1.807) is 12.1 Å². The zero-order valence-electron chi connectivity index (χ0n) is 10.9. The zero-order chi connectivity index (χ0) is 13.7. The van der Waals surface area contributed by atoms with Gasteiger partial charge in [-0.15, -0.1) is 0 Å². The molecule has 1 aromatic rings. The van der Waals surface area contributed by atoms with Gasteiger partial charge in [-0.1, -0.05) is 13.0 Å². The molecule has 0 saturated carbocycles. The SMILES string of the molecule is CCN1CCO[C@H](COc2cccc([N+](=O)[O-])c2)C1. The summed E-state index contributed by atoms with van der Waals surface area (Å²) in [4.78, 5) is 12.5. The Kier molecular flexibility index (Phi) is 4.70. The summed E-state index contributed by atoms with van der Waals surface area (Å²) < 4.78 is 11.2. The fourth-order valence-electron chi connectivity index (χ4n) is 2.04. The van der Waals surface area contributed by atoms with E-state index in [0.29, 0.717) is 19.0 Å². The predicted molar refractivity (Wildman–Crippen MR) is 70.4 cm³/mol. The molecule has 1 atom stereocenters. The van der Waals surface area contributed by atoms with Crippen LogP contribution in [-0.4, -0.2) is 48.8 Å². The molecule has 6 heteroatoms. The predicted octanol–water partition coefficient (Wildman–Crippen LogP) is 1.69. The van der Waals surface area contributed by atoms with Crippen molar-refractivity contribution >= 4 is 5.69 Å². The first-order chi connectivity index (χ1) is 9.19. The van der Waals surface area contributed by atoms with Gasteiger partial charge in [0.2, 0.25) is 0 Å². The Morgan fingerprint density at radius 1 is 1.58 bits per heavy atom. The van der Waals surface area contributed by atoms with Crippen LogP contribution in [-0.2, 0) is 4.74 Å². The monoisotopic (exact) mass is 266 g/mol. The second-order valence-corrected chi connectivity index (χ2v) is 4.45. The second kappa shape index (κ2) is 6.49. The lowest BCUT2D eigenvalue weighted by molar-refractivity contribution is -0.384. The van der Waals surface area contributed by atoms with Crippen molar-refractivity contribution in [3.05, 3.63) is 34.4 Å². The number of hydrogen-bond acceptors (Lipinski definition) is 5. The number of hydrogen-bond donors (Lipinski definition) is 0. The first kappa shape index (κ1) is 13.8. The number of nitrogens with zero attached hydrogens (tertiary/aromatic N) is 2. The summed E-state index contributed by atoms with van der Waals surface area (Å²) in [5, 5.41) is 10.7. The van der Waals surface area contributed by atoms with Crippen LogP contribution in [0.5, 0.6) is 5.75 Å². The minimum atomic E-state index is -0.428. The molecule has 1 fully saturated rings. The molecule has 0 N–H and O–H groups in total. The van der Waals surface area contributed by atoms with Crippen LogP contribution in [0.2, 0.25) is 0 Å². The third-order valence-electron chi connectivity index (χ3n) is 3.13. The summed E-state index contributed by atoms with van der Waals surface area (Å²) in [5.74, 6) is 0.506. The van der Waals surface area contributed by atoms with Gasteiger partial charge in [0, 0.05) is 19.2 Å². The van der Waals surface area contributed by atoms with Gasteiger partial charge in [-0.05, 0) is 12.6 Å². The first-order valence-electron chi connectivity index (χ1n) is 6.40. The lowest BCUT2D eigenvalue weighted by Crippen LogP contribution is -2.44. The molecular weight excluding hydrogens is 248 g/mol. The minimum absolute atomic E-state index is 0.0213. The number of benzene rings is 1. The van der Waals surface area contributed by atoms with Gasteiger partial charge in [0.15, 0.2) is 0 Å². The first-order valence-corrected chi connectivity index (χ1v) is 6.40. The molecule has 1 heterocycles. The van der Waals surface area contributed by atoms with E-state index < -0.39 is 4.92 Å². The van der Waals surface area contributed by atoms with Crippen LogP contribution in [0.4, 0.5) is 5.69 Å². The number of nitro benzene ring substituents is 1. The molecule has 0 bridgehead atoms. The largest absolute Gasteiger partial charge is 0.491 e. The van der Waals surface area contributed by atoms with Crippen LogP contribution in [0.3, 0.4) is 0 Å². The molecule has 6 nitrogen and oxygen atoms in total. The highest BCUT2D eigenvalue weighted by atomic mass is 16.6. The fraction of sp³-hybridized carbons (Fsp3) is 0.538. The third kappa shape index (κ3) is 3.90. The highest BCUT2D eigenvalue weighted by Crippen LogP contribution is 2.19. The molecule has 19 heavy (non-hydrogen) atoms. The van der Waals surface area contributed by atoms with Crippen molar-refractivity contribution in [1.82, 2.24) is 4.90 Å². The smallest absolute Gasteiger partial charge is 0.273 e. The Hall–Kier alpha value is -1.66. The number of rotatable bonds is 5. The van der Waals surface area contributed by atoms with Gasteiger partial charge in [-0.3, -0.25) is 15.0 Å². The van der Waals surface area contributed by atoms with Crippen molar-refractivity contribution in [2.24, 2.45) is 0 Å². The Labute approximate surface area is 112 Å². The van der Waals surface area contributed by atoms with Gasteiger partial charge >= 0.3 is 0 Å². The maximum absolute atomic E-state index is 10.7. The topological polar surface area (TPSA) is 64.8 Å². The van der Waals surface area contributed by atoms with Crippen LogP contribution in [0.15, 0.2) is 24.3 Å². The van der Waals surface area contributed by atoms with E-state index in [2.05, 4.69) is 11.8 Å². The average Bonchev–Trinajstić information content (AvgIpc) is 2.45. The molecule has 1 aliphatic rings. The lowest BCUT2D eigenvalue weighted by atomic mass is 10.3. The summed E-state index contributed by atoms with van der Waals surface area (Å²) in [6.07, 6.45) is 0.0213. The van der Waals surface area contributed by atoms with E-state index in [1.807, 2.05) is 0 Å². The van der Waals surface area contributed by atoms with Gasteiger partial charge < -0.3 is 9.47 Å². The zero-order valence-corrected chi connectivity index (χ0v) is 10.9. The molecule has 0 amide bonds. The van der Waals surface area contributed by atoms with Crippen LogP contribution in [0, 0.1) is 10.1 Å². The molecule has 2 rings (SSSR count). The minimum Gasteiger partial charge on any atom is -0.491 e. The van der Waals surface area contributed by atoms with E-state index >= 15 is 0 Å². The Morgan fingerprint density at radius 2 is 2.42 bits per heavy atom. The molecule has 104 valence electrons. The summed E-state index contributed by atoms with van der Waals surface area (Å²) in [7, 11) is 0. The number of ether oxygens (including phenoxy) is 2. The van der Waals surface area contributed by atoms with Gasteiger partial charge in [0.1, 0.15) is 18.5 Å². The summed E-state index contributed by atoms with van der Waals surface area (Å²) >= 11 is 0. The summed E-state index contributed by atoms with van der Waals surface area (Å²) in [6.45, 7) is 6.02. The third-order valence-corrected chi connectivity index (χ3v) is 3.13. The van der Waals surface area contributed by atoms with Crippen molar-refractivity contribution < 1.29 is 14.4 Å². The van der Waals surface area contributed by atoms with Gasteiger partial charge in [-0.25, -0.2) is 0 Å². The van der Waals surface area contributed by atoms with Gasteiger partial charge in [0.25, 0.3) is 5.69 Å². The summed E-state index contributed by atoms with van der Waals surface area (Å²) in [5.41, 5.74) is 0.0391. The van der Waals surface area contributed by atoms with E-state index in [9.17, 15) is 10.1 Å². The molecule has 1 aromatic carbocycles. The Bertz CT molecular complexity index is 438. The second-order valence-electron chi connectivity index (χ2n) is 4.45. The van der Waals surface area contributed by atoms with Crippen molar-refractivity contribution in [3.63, 3.8) is 0 Å². The number of nitro groups is 1. The highest BCUT2D eigenvalue weighted by Gasteiger charge is 2.20. The standard InChI is InChI=1S/C13H18N2O4/c1-2-14-6-7-18-13(9-14)10-19-12-5-3-4-11(8-12)15(16)17/h3-5,8,13H,2,6-7,9-10H2,1H3/t13-/m0/s1. The highest BCUT2D eigenvalue weighted by molar-refractivity contribution is 5.37. The molecule has 1 aliphatic heterocycles. The molecule has 0 radical (unpaired) electrons. The van der Waals surface area contributed by atoms with Crippen LogP contribution < -0.4 is 4.74 Å². The number of non-ortho nitro benzene ring substituents is 1. The maximum Gasteiger partial charge on any atom is 0.273 e. The van der Waals surface area contributed by atoms with E-state index in [-0.39, 0.29) is 11.8 Å². The van der Waals surface area contributed by atoms with Crippen molar-refractivity contribution in [1.29, 1.82) is 0 Å². The molecule has 0 spiro atoms. The number of morpholine rings is 1. The Balaban J connectivity index is 1.88. The fourth-order valence-corrected chi connectivity index (χ4v) is 2.04. The lowest BCUT2D eigenvalue weighted by Gasteiger charge is -2.31.